The molecule has 1 aromatic rings. The van der Waals surface area contributed by atoms with Crippen LogP contribution in [0.4, 0.5) is 0 Å². The fraction of sp³-hybridized carbons (Fsp3) is 0.500. The average Bonchev–Trinajstić information content (AvgIpc) is 2.84. The average molecular weight is 236 g/mol. The van der Waals surface area contributed by atoms with Crippen LogP contribution >= 0.6 is 0 Å². The number of aromatic nitrogens is 1. The Morgan fingerprint density at radius 1 is 1.65 bits per heavy atom. The second-order valence-corrected chi connectivity index (χ2v) is 4.23. The maximum absolute atomic E-state index is 12.0. The second-order valence-electron chi connectivity index (χ2n) is 4.23. The summed E-state index contributed by atoms with van der Waals surface area (Å²) in [6.45, 7) is 2.57. The van der Waals surface area contributed by atoms with Crippen molar-refractivity contribution in [1.29, 1.82) is 0 Å². The van der Waals surface area contributed by atoms with Gasteiger partial charge in [-0.25, -0.2) is 4.79 Å². The molecule has 2 rings (SSSR count). The van der Waals surface area contributed by atoms with Crippen LogP contribution in [-0.4, -0.2) is 30.7 Å². The largest absolute Gasteiger partial charge is 0.465 e. The lowest BCUT2D eigenvalue weighted by Gasteiger charge is -2.11. The van der Waals surface area contributed by atoms with Crippen molar-refractivity contribution in [3.63, 3.8) is 0 Å². The summed E-state index contributed by atoms with van der Waals surface area (Å²) in [6, 6.07) is 3.20. The number of esters is 1. The molecular formula is C12H16N2O3. The minimum absolute atomic E-state index is 0.0981. The molecular weight excluding hydrogens is 220 g/mol. The maximum atomic E-state index is 12.0. The van der Waals surface area contributed by atoms with E-state index < -0.39 is 5.97 Å². The van der Waals surface area contributed by atoms with Gasteiger partial charge in [-0.1, -0.05) is 0 Å². The van der Waals surface area contributed by atoms with Crippen molar-refractivity contribution >= 4 is 5.97 Å². The molecule has 0 spiro atoms. The molecule has 1 aliphatic rings. The van der Waals surface area contributed by atoms with E-state index in [2.05, 4.69) is 10.1 Å². The molecule has 0 aromatic carbocycles. The molecule has 0 aliphatic carbocycles. The van der Waals surface area contributed by atoms with E-state index in [0.717, 1.165) is 19.5 Å². The Morgan fingerprint density at radius 3 is 3.12 bits per heavy atom. The third-order valence-corrected chi connectivity index (χ3v) is 3.04. The van der Waals surface area contributed by atoms with Gasteiger partial charge in [-0.2, -0.15) is 0 Å². The molecule has 0 radical (unpaired) electrons. The first-order valence-corrected chi connectivity index (χ1v) is 5.71. The first-order chi connectivity index (χ1) is 8.22. The van der Waals surface area contributed by atoms with Crippen LogP contribution in [0.1, 0.15) is 16.8 Å². The quantitative estimate of drug-likeness (QED) is 0.764. The Morgan fingerprint density at radius 2 is 2.47 bits per heavy atom. The lowest BCUT2D eigenvalue weighted by atomic mass is 10.1. The van der Waals surface area contributed by atoms with Gasteiger partial charge in [-0.15, -0.1) is 0 Å². The summed E-state index contributed by atoms with van der Waals surface area (Å²) in [6.07, 6.45) is 2.78. The number of hydrogen-bond acceptors (Lipinski definition) is 4. The molecule has 1 N–H and O–H groups in total. The van der Waals surface area contributed by atoms with E-state index in [9.17, 15) is 9.59 Å². The van der Waals surface area contributed by atoms with E-state index in [1.54, 1.807) is 16.8 Å². The summed E-state index contributed by atoms with van der Waals surface area (Å²) >= 11 is 0. The van der Waals surface area contributed by atoms with Gasteiger partial charge in [0, 0.05) is 12.7 Å². The molecule has 1 atom stereocenters. The molecule has 1 aromatic heterocycles. The van der Waals surface area contributed by atoms with Gasteiger partial charge in [0.2, 0.25) is 0 Å². The zero-order valence-electron chi connectivity index (χ0n) is 9.81. The number of hydrogen-bond donors (Lipinski definition) is 1. The van der Waals surface area contributed by atoms with Gasteiger partial charge in [-0.05, 0) is 37.6 Å². The number of nitrogens with zero attached hydrogens (tertiary/aromatic N) is 1. The Hall–Kier alpha value is -1.62. The van der Waals surface area contributed by atoms with E-state index in [4.69, 9.17) is 0 Å². The van der Waals surface area contributed by atoms with E-state index in [-0.39, 0.29) is 11.1 Å². The van der Waals surface area contributed by atoms with Gasteiger partial charge in [0.05, 0.1) is 7.11 Å². The van der Waals surface area contributed by atoms with Crippen LogP contribution < -0.4 is 10.9 Å². The fourth-order valence-electron chi connectivity index (χ4n) is 2.09. The zero-order valence-corrected chi connectivity index (χ0v) is 9.81. The number of pyridine rings is 1. The fourth-order valence-corrected chi connectivity index (χ4v) is 2.09. The molecule has 5 nitrogen and oxygen atoms in total. The van der Waals surface area contributed by atoms with Crippen LogP contribution in [0, 0.1) is 5.92 Å². The highest BCUT2D eigenvalue weighted by molar-refractivity contribution is 5.88. The summed E-state index contributed by atoms with van der Waals surface area (Å²) < 4.78 is 6.16. The highest BCUT2D eigenvalue weighted by atomic mass is 16.5. The highest BCUT2D eigenvalue weighted by Gasteiger charge is 2.17. The summed E-state index contributed by atoms with van der Waals surface area (Å²) in [5.74, 6) is -0.116. The van der Waals surface area contributed by atoms with Crippen LogP contribution in [0.2, 0.25) is 0 Å². The molecule has 1 unspecified atom stereocenters. The number of ether oxygens (including phenoxy) is 1. The second kappa shape index (κ2) is 5.14. The summed E-state index contributed by atoms with van der Waals surface area (Å²) in [7, 11) is 1.28. The van der Waals surface area contributed by atoms with Gasteiger partial charge < -0.3 is 14.6 Å². The smallest absolute Gasteiger partial charge is 0.343 e. The van der Waals surface area contributed by atoms with Crippen molar-refractivity contribution in [3.05, 3.63) is 34.2 Å². The van der Waals surface area contributed by atoms with Crippen LogP contribution in [-0.2, 0) is 11.3 Å². The molecule has 17 heavy (non-hydrogen) atoms. The number of rotatable bonds is 3. The molecule has 0 saturated carbocycles. The van der Waals surface area contributed by atoms with Crippen LogP contribution in [0.15, 0.2) is 23.1 Å². The summed E-state index contributed by atoms with van der Waals surface area (Å²) in [5, 5.41) is 3.25. The van der Waals surface area contributed by atoms with E-state index >= 15 is 0 Å². The molecule has 5 heteroatoms. The molecule has 1 fully saturated rings. The Labute approximate surface area is 99.4 Å². The third-order valence-electron chi connectivity index (χ3n) is 3.04. The predicted octanol–water partition coefficient (Wildman–Crippen LogP) is 0.244. The van der Waals surface area contributed by atoms with Crippen molar-refractivity contribution in [2.24, 2.45) is 5.92 Å². The van der Waals surface area contributed by atoms with Crippen molar-refractivity contribution in [2.75, 3.05) is 20.2 Å². The van der Waals surface area contributed by atoms with Crippen molar-refractivity contribution in [3.8, 4) is 0 Å². The molecule has 1 saturated heterocycles. The van der Waals surface area contributed by atoms with E-state index in [0.29, 0.717) is 12.5 Å². The van der Waals surface area contributed by atoms with Crippen LogP contribution in [0.25, 0.3) is 0 Å². The van der Waals surface area contributed by atoms with Crippen molar-refractivity contribution in [1.82, 2.24) is 9.88 Å². The normalized spacial score (nSPS) is 19.2. The molecule has 92 valence electrons. The van der Waals surface area contributed by atoms with Gasteiger partial charge in [0.15, 0.2) is 0 Å². The number of methoxy groups -OCH3 is 1. The SMILES string of the molecule is COC(=O)c1cccn(CC2CCNC2)c1=O. The molecule has 0 bridgehead atoms. The summed E-state index contributed by atoms with van der Waals surface area (Å²) in [5.41, 5.74) is -0.174. The Kier molecular flexibility index (Phi) is 3.58. The van der Waals surface area contributed by atoms with Gasteiger partial charge >= 0.3 is 5.97 Å². The first-order valence-electron chi connectivity index (χ1n) is 5.71. The van der Waals surface area contributed by atoms with E-state index in [1.807, 2.05) is 0 Å². The summed E-state index contributed by atoms with van der Waals surface area (Å²) in [4.78, 5) is 23.4. The topological polar surface area (TPSA) is 60.3 Å². The van der Waals surface area contributed by atoms with Crippen LogP contribution in [0.3, 0.4) is 0 Å². The standard InChI is InChI=1S/C12H16N2O3/c1-17-12(16)10-3-2-6-14(11(10)15)8-9-4-5-13-7-9/h2-3,6,9,13H,4-5,7-8H2,1H3. The first kappa shape index (κ1) is 11.9. The minimum atomic E-state index is -0.575. The van der Waals surface area contributed by atoms with Gasteiger partial charge in [0.1, 0.15) is 5.56 Å². The Bertz CT molecular complexity index is 461. The third kappa shape index (κ3) is 2.55. The maximum Gasteiger partial charge on any atom is 0.343 e. The monoisotopic (exact) mass is 236 g/mol. The lowest BCUT2D eigenvalue weighted by molar-refractivity contribution is 0.0598. The van der Waals surface area contributed by atoms with Crippen molar-refractivity contribution < 1.29 is 9.53 Å². The highest BCUT2D eigenvalue weighted by Crippen LogP contribution is 2.09. The Balaban J connectivity index is 2.22. The number of carbonyl (C=O) groups is 1. The number of nitrogens with one attached hydrogen (secondary N) is 1. The molecule has 1 aliphatic heterocycles. The zero-order chi connectivity index (χ0) is 12.3. The van der Waals surface area contributed by atoms with Crippen molar-refractivity contribution in [2.45, 2.75) is 13.0 Å². The minimum Gasteiger partial charge on any atom is -0.465 e. The predicted molar refractivity (Wildman–Crippen MR) is 63.0 cm³/mol. The lowest BCUT2D eigenvalue weighted by Crippen LogP contribution is -2.29. The van der Waals surface area contributed by atoms with Gasteiger partial charge in [0.25, 0.3) is 5.56 Å². The van der Waals surface area contributed by atoms with Crippen LogP contribution in [0.5, 0.6) is 0 Å². The van der Waals surface area contributed by atoms with Gasteiger partial charge in [-0.3, -0.25) is 4.79 Å². The van der Waals surface area contributed by atoms with E-state index in [1.165, 1.54) is 13.2 Å². The molecule has 2 heterocycles. The number of carbonyl (C=O) groups excluding carboxylic acids is 1. The molecule has 0 amide bonds.